The van der Waals surface area contributed by atoms with Gasteiger partial charge in [0.1, 0.15) is 0 Å². The van der Waals surface area contributed by atoms with Crippen molar-refractivity contribution in [1.29, 1.82) is 0 Å². The molecule has 1 nitrogen and oxygen atoms in total. The third-order valence-electron chi connectivity index (χ3n) is 6.16. The SMILES string of the molecule is CCCCc1cc2c(s1)CCN(CC1=C(C)C=CCC(C)=C1CC)C2C. The van der Waals surface area contributed by atoms with Crippen LogP contribution in [0, 0.1) is 0 Å². The van der Waals surface area contributed by atoms with Crippen LogP contribution in [0.2, 0.25) is 0 Å². The van der Waals surface area contributed by atoms with Crippen LogP contribution in [0.15, 0.2) is 40.5 Å². The van der Waals surface area contributed by atoms with Crippen LogP contribution in [0.4, 0.5) is 0 Å². The molecule has 1 atom stereocenters. The largest absolute Gasteiger partial charge is 0.292 e. The van der Waals surface area contributed by atoms with E-state index >= 15 is 0 Å². The standard InChI is InChI=1S/C24H35NS/c1-6-8-12-20-15-22-19(5)25(14-13-24(22)26-20)16-23-18(4)11-9-10-17(3)21(23)7-2/h9,11,15,19H,6-8,10,12-14,16H2,1-5H3. The maximum Gasteiger partial charge on any atom is 0.0334 e. The third kappa shape index (κ3) is 4.07. The van der Waals surface area contributed by atoms with Gasteiger partial charge in [-0.05, 0) is 81.2 Å². The molecule has 0 radical (unpaired) electrons. The second kappa shape index (κ2) is 8.71. The van der Waals surface area contributed by atoms with E-state index in [0.717, 1.165) is 19.4 Å². The average Bonchev–Trinajstić information content (AvgIpc) is 2.99. The lowest BCUT2D eigenvalue weighted by Gasteiger charge is -2.35. The van der Waals surface area contributed by atoms with E-state index in [1.807, 2.05) is 0 Å². The van der Waals surface area contributed by atoms with E-state index in [9.17, 15) is 0 Å². The molecule has 1 aromatic rings. The first kappa shape index (κ1) is 19.6. The van der Waals surface area contributed by atoms with Crippen molar-refractivity contribution in [3.8, 4) is 0 Å². The highest BCUT2D eigenvalue weighted by Gasteiger charge is 2.27. The summed E-state index contributed by atoms with van der Waals surface area (Å²) in [6, 6.07) is 3.05. The summed E-state index contributed by atoms with van der Waals surface area (Å²) in [5.41, 5.74) is 7.80. The first-order chi connectivity index (χ1) is 12.5. The van der Waals surface area contributed by atoms with Crippen molar-refractivity contribution < 1.29 is 0 Å². The monoisotopic (exact) mass is 369 g/mol. The lowest BCUT2D eigenvalue weighted by atomic mass is 9.92. The van der Waals surface area contributed by atoms with Crippen molar-refractivity contribution in [2.24, 2.45) is 0 Å². The molecule has 0 saturated heterocycles. The molecule has 0 aromatic carbocycles. The van der Waals surface area contributed by atoms with Gasteiger partial charge in [0.05, 0.1) is 0 Å². The minimum atomic E-state index is 0.538. The van der Waals surface area contributed by atoms with Crippen molar-refractivity contribution in [1.82, 2.24) is 4.90 Å². The maximum atomic E-state index is 2.71. The molecule has 2 aliphatic rings. The molecule has 3 rings (SSSR count). The van der Waals surface area contributed by atoms with Crippen molar-refractivity contribution in [3.05, 3.63) is 55.8 Å². The number of rotatable bonds is 6. The number of hydrogen-bond acceptors (Lipinski definition) is 2. The minimum absolute atomic E-state index is 0.538. The van der Waals surface area contributed by atoms with Gasteiger partial charge in [-0.2, -0.15) is 0 Å². The van der Waals surface area contributed by atoms with E-state index in [1.165, 1.54) is 37.8 Å². The molecule has 0 amide bonds. The third-order valence-corrected chi connectivity index (χ3v) is 7.43. The predicted octanol–water partition coefficient (Wildman–Crippen LogP) is 7.01. The van der Waals surface area contributed by atoms with Gasteiger partial charge in [-0.3, -0.25) is 4.90 Å². The van der Waals surface area contributed by atoms with Gasteiger partial charge in [-0.1, -0.05) is 38.0 Å². The summed E-state index contributed by atoms with van der Waals surface area (Å²) in [6.45, 7) is 13.9. The summed E-state index contributed by atoms with van der Waals surface area (Å²) >= 11 is 2.08. The van der Waals surface area contributed by atoms with E-state index in [-0.39, 0.29) is 0 Å². The molecule has 1 aliphatic carbocycles. The van der Waals surface area contributed by atoms with Gasteiger partial charge >= 0.3 is 0 Å². The van der Waals surface area contributed by atoms with Crippen LogP contribution in [0.1, 0.15) is 81.7 Å². The Hall–Kier alpha value is -1.12. The van der Waals surface area contributed by atoms with Gasteiger partial charge in [0.15, 0.2) is 0 Å². The number of nitrogens with zero attached hydrogens (tertiary/aromatic N) is 1. The summed E-state index contributed by atoms with van der Waals surface area (Å²) in [5, 5.41) is 0. The van der Waals surface area contributed by atoms with E-state index in [4.69, 9.17) is 0 Å². The second-order valence-electron chi connectivity index (χ2n) is 7.97. The number of fused-ring (bicyclic) bond motifs is 1. The normalized spacial score (nSPS) is 21.3. The predicted molar refractivity (Wildman–Crippen MR) is 116 cm³/mol. The van der Waals surface area contributed by atoms with Crippen LogP contribution in [-0.2, 0) is 12.8 Å². The zero-order chi connectivity index (χ0) is 18.7. The average molecular weight is 370 g/mol. The fourth-order valence-corrected chi connectivity index (χ4v) is 5.73. The number of thiophene rings is 1. The van der Waals surface area contributed by atoms with Crippen LogP contribution in [0.25, 0.3) is 0 Å². The second-order valence-corrected chi connectivity index (χ2v) is 9.19. The summed E-state index contributed by atoms with van der Waals surface area (Å²) in [5.74, 6) is 0. The van der Waals surface area contributed by atoms with Crippen LogP contribution >= 0.6 is 11.3 Å². The molecule has 0 saturated carbocycles. The van der Waals surface area contributed by atoms with Gasteiger partial charge in [0.2, 0.25) is 0 Å². The van der Waals surface area contributed by atoms with Crippen LogP contribution in [-0.4, -0.2) is 18.0 Å². The smallest absolute Gasteiger partial charge is 0.0334 e. The molecule has 0 spiro atoms. The molecule has 0 bridgehead atoms. The number of hydrogen-bond donors (Lipinski definition) is 0. The summed E-state index contributed by atoms with van der Waals surface area (Å²) < 4.78 is 0. The van der Waals surface area contributed by atoms with Crippen LogP contribution in [0.3, 0.4) is 0 Å². The molecule has 2 heterocycles. The molecular formula is C24H35NS. The topological polar surface area (TPSA) is 3.24 Å². The van der Waals surface area contributed by atoms with Crippen molar-refractivity contribution >= 4 is 11.3 Å². The Morgan fingerprint density at radius 2 is 2.00 bits per heavy atom. The van der Waals surface area contributed by atoms with Gasteiger partial charge in [0.25, 0.3) is 0 Å². The van der Waals surface area contributed by atoms with Crippen LogP contribution in [0.5, 0.6) is 0 Å². The molecule has 2 heteroatoms. The van der Waals surface area contributed by atoms with Gasteiger partial charge < -0.3 is 0 Å². The quantitative estimate of drug-likeness (QED) is 0.521. The molecule has 0 fully saturated rings. The summed E-state index contributed by atoms with van der Waals surface area (Å²) in [7, 11) is 0. The first-order valence-electron chi connectivity index (χ1n) is 10.5. The minimum Gasteiger partial charge on any atom is -0.292 e. The van der Waals surface area contributed by atoms with Crippen molar-refractivity contribution in [2.75, 3.05) is 13.1 Å². The lowest BCUT2D eigenvalue weighted by Crippen LogP contribution is -2.35. The summed E-state index contributed by atoms with van der Waals surface area (Å²) in [4.78, 5) is 5.96. The molecular weight excluding hydrogens is 334 g/mol. The van der Waals surface area contributed by atoms with Crippen molar-refractivity contribution in [3.63, 3.8) is 0 Å². The van der Waals surface area contributed by atoms with Crippen molar-refractivity contribution in [2.45, 2.75) is 79.2 Å². The number of aryl methyl sites for hydroxylation is 1. The maximum absolute atomic E-state index is 2.71. The van der Waals surface area contributed by atoms with Crippen LogP contribution < -0.4 is 0 Å². The van der Waals surface area contributed by atoms with E-state index in [0.29, 0.717) is 6.04 Å². The fourth-order valence-electron chi connectivity index (χ4n) is 4.45. The van der Waals surface area contributed by atoms with Gasteiger partial charge in [0, 0.05) is 28.9 Å². The highest BCUT2D eigenvalue weighted by molar-refractivity contribution is 7.12. The summed E-state index contributed by atoms with van der Waals surface area (Å²) in [6.07, 6.45) is 12.0. The molecule has 1 unspecified atom stereocenters. The number of allylic oxidation sites excluding steroid dienone is 4. The molecule has 1 aromatic heterocycles. The Balaban J connectivity index is 1.82. The zero-order valence-corrected chi connectivity index (χ0v) is 18.1. The Kier molecular flexibility index (Phi) is 6.58. The van der Waals surface area contributed by atoms with E-state index < -0.39 is 0 Å². The van der Waals surface area contributed by atoms with E-state index in [1.54, 1.807) is 32.0 Å². The first-order valence-corrected chi connectivity index (χ1v) is 11.3. The molecule has 0 N–H and O–H groups in total. The van der Waals surface area contributed by atoms with E-state index in [2.05, 4.69) is 69.1 Å². The molecule has 142 valence electrons. The number of unbranched alkanes of at least 4 members (excludes halogenated alkanes) is 1. The molecule has 1 aliphatic heterocycles. The Morgan fingerprint density at radius 1 is 1.19 bits per heavy atom. The highest BCUT2D eigenvalue weighted by atomic mass is 32.1. The Morgan fingerprint density at radius 3 is 2.73 bits per heavy atom. The van der Waals surface area contributed by atoms with Gasteiger partial charge in [-0.25, -0.2) is 0 Å². The zero-order valence-electron chi connectivity index (χ0n) is 17.3. The fraction of sp³-hybridized carbons (Fsp3) is 0.583. The van der Waals surface area contributed by atoms with Gasteiger partial charge in [-0.15, -0.1) is 11.3 Å². The lowest BCUT2D eigenvalue weighted by molar-refractivity contribution is 0.218. The Labute approximate surface area is 164 Å². The molecule has 26 heavy (non-hydrogen) atoms. The highest BCUT2D eigenvalue weighted by Crippen LogP contribution is 2.38. The Bertz CT molecular complexity index is 731.